The molecule has 148 valence electrons. The Morgan fingerprint density at radius 3 is 2.78 bits per heavy atom. The van der Waals surface area contributed by atoms with Crippen molar-refractivity contribution < 1.29 is 14.6 Å². The Morgan fingerprint density at radius 2 is 2.11 bits per heavy atom. The molecule has 3 heterocycles. The highest BCUT2D eigenvalue weighted by atomic mass is 35.5. The van der Waals surface area contributed by atoms with Gasteiger partial charge in [-0.2, -0.15) is 9.97 Å². The molecule has 2 aromatic heterocycles. The molecule has 1 aliphatic heterocycles. The fourth-order valence-corrected chi connectivity index (χ4v) is 4.35. The zero-order chi connectivity index (χ0) is 19.0. The van der Waals surface area contributed by atoms with Crippen molar-refractivity contribution in [1.82, 2.24) is 19.5 Å². The lowest BCUT2D eigenvalue weighted by Gasteiger charge is -2.23. The third kappa shape index (κ3) is 3.51. The van der Waals surface area contributed by atoms with Crippen molar-refractivity contribution in [1.29, 1.82) is 0 Å². The molecule has 0 aromatic carbocycles. The minimum Gasteiger partial charge on any atom is -0.386 e. The van der Waals surface area contributed by atoms with E-state index in [-0.39, 0.29) is 11.4 Å². The van der Waals surface area contributed by atoms with Gasteiger partial charge in [0, 0.05) is 13.2 Å². The standard InChI is InChI=1S/C18H26ClN5O3/c1-3-11-14(26-2)13(25)17(27-11)24-9-20-12-15(22-18(19)23-16(12)24)21-10-7-5-4-6-8-10/h9-11,13-14,17,25H,3-8H2,1-2H3,(H,21,22,23). The van der Waals surface area contributed by atoms with Crippen molar-refractivity contribution in [3.8, 4) is 0 Å². The predicted molar refractivity (Wildman–Crippen MR) is 102 cm³/mol. The van der Waals surface area contributed by atoms with Crippen molar-refractivity contribution in [2.24, 2.45) is 0 Å². The fraction of sp³-hybridized carbons (Fsp3) is 0.722. The summed E-state index contributed by atoms with van der Waals surface area (Å²) in [6, 6.07) is 0.369. The van der Waals surface area contributed by atoms with Gasteiger partial charge >= 0.3 is 0 Å². The minimum atomic E-state index is -0.819. The van der Waals surface area contributed by atoms with Crippen LogP contribution in [0, 0.1) is 0 Å². The van der Waals surface area contributed by atoms with Gasteiger partial charge in [0.25, 0.3) is 0 Å². The van der Waals surface area contributed by atoms with E-state index in [2.05, 4.69) is 20.3 Å². The molecule has 1 saturated heterocycles. The van der Waals surface area contributed by atoms with Gasteiger partial charge in [0.1, 0.15) is 12.2 Å². The van der Waals surface area contributed by atoms with Crippen molar-refractivity contribution in [3.63, 3.8) is 0 Å². The van der Waals surface area contributed by atoms with E-state index in [0.29, 0.717) is 23.0 Å². The van der Waals surface area contributed by atoms with Gasteiger partial charge in [-0.05, 0) is 30.9 Å². The van der Waals surface area contributed by atoms with Gasteiger partial charge in [-0.15, -0.1) is 0 Å². The normalized spacial score (nSPS) is 29.5. The molecule has 2 N–H and O–H groups in total. The summed E-state index contributed by atoms with van der Waals surface area (Å²) in [5, 5.41) is 14.3. The number of aliphatic hydroxyl groups excluding tert-OH is 1. The molecule has 4 atom stereocenters. The number of hydrogen-bond donors (Lipinski definition) is 2. The minimum absolute atomic E-state index is 0.144. The molecule has 2 aromatic rings. The Balaban J connectivity index is 1.67. The molecule has 2 aliphatic rings. The smallest absolute Gasteiger partial charge is 0.226 e. The summed E-state index contributed by atoms with van der Waals surface area (Å²) in [5.41, 5.74) is 1.18. The largest absolute Gasteiger partial charge is 0.386 e. The van der Waals surface area contributed by atoms with Gasteiger partial charge in [0.2, 0.25) is 5.28 Å². The lowest BCUT2D eigenvalue weighted by atomic mass is 9.95. The number of methoxy groups -OCH3 is 1. The molecule has 0 bridgehead atoms. The van der Waals surface area contributed by atoms with Crippen LogP contribution in [0.3, 0.4) is 0 Å². The SMILES string of the molecule is CCC1OC(n2cnc3c(NC4CCCCC4)nc(Cl)nc32)C(O)C1OC. The number of ether oxygens (including phenoxy) is 2. The fourth-order valence-electron chi connectivity index (χ4n) is 4.19. The highest BCUT2D eigenvalue weighted by Gasteiger charge is 2.44. The van der Waals surface area contributed by atoms with Crippen LogP contribution in [0.15, 0.2) is 6.33 Å². The topological polar surface area (TPSA) is 94.3 Å². The Hall–Kier alpha value is -1.48. The predicted octanol–water partition coefficient (Wildman–Crippen LogP) is 2.91. The van der Waals surface area contributed by atoms with Crippen LogP contribution in [0.25, 0.3) is 11.2 Å². The maximum absolute atomic E-state index is 10.7. The van der Waals surface area contributed by atoms with Crippen LogP contribution in [0.2, 0.25) is 5.28 Å². The van der Waals surface area contributed by atoms with E-state index >= 15 is 0 Å². The average molecular weight is 396 g/mol. The van der Waals surface area contributed by atoms with Gasteiger partial charge in [-0.25, -0.2) is 4.98 Å². The number of hydrogen-bond acceptors (Lipinski definition) is 7. The molecule has 9 heteroatoms. The van der Waals surface area contributed by atoms with Crippen LogP contribution in [-0.4, -0.2) is 56.1 Å². The number of rotatable bonds is 5. The summed E-state index contributed by atoms with van der Waals surface area (Å²) >= 11 is 6.19. The molecule has 1 saturated carbocycles. The molecule has 0 spiro atoms. The first-order chi connectivity index (χ1) is 13.1. The first-order valence-electron chi connectivity index (χ1n) is 9.65. The Kier molecular flexibility index (Phi) is 5.50. The van der Waals surface area contributed by atoms with Gasteiger partial charge in [-0.1, -0.05) is 26.2 Å². The first-order valence-corrected chi connectivity index (χ1v) is 10.0. The summed E-state index contributed by atoms with van der Waals surface area (Å²) in [7, 11) is 1.58. The van der Waals surface area contributed by atoms with Crippen LogP contribution in [0.1, 0.15) is 51.7 Å². The molecular weight excluding hydrogens is 370 g/mol. The number of halogens is 1. The second kappa shape index (κ2) is 7.87. The van der Waals surface area contributed by atoms with Gasteiger partial charge < -0.3 is 19.9 Å². The van der Waals surface area contributed by atoms with Crippen LogP contribution in [0.4, 0.5) is 5.82 Å². The number of nitrogens with one attached hydrogen (secondary N) is 1. The monoisotopic (exact) mass is 395 g/mol. The molecule has 4 unspecified atom stereocenters. The molecular formula is C18H26ClN5O3. The van der Waals surface area contributed by atoms with E-state index < -0.39 is 18.4 Å². The lowest BCUT2D eigenvalue weighted by Crippen LogP contribution is -2.33. The highest BCUT2D eigenvalue weighted by molar-refractivity contribution is 6.28. The maximum Gasteiger partial charge on any atom is 0.226 e. The van der Waals surface area contributed by atoms with Gasteiger partial charge in [-0.3, -0.25) is 4.57 Å². The molecule has 2 fully saturated rings. The number of aromatic nitrogens is 4. The van der Waals surface area contributed by atoms with E-state index in [9.17, 15) is 5.11 Å². The third-order valence-electron chi connectivity index (χ3n) is 5.60. The van der Waals surface area contributed by atoms with E-state index in [4.69, 9.17) is 21.1 Å². The molecule has 8 nitrogen and oxygen atoms in total. The number of aliphatic hydroxyl groups is 1. The molecule has 0 radical (unpaired) electrons. The first kappa shape index (κ1) is 18.9. The van der Waals surface area contributed by atoms with E-state index in [1.54, 1.807) is 18.0 Å². The van der Waals surface area contributed by atoms with Gasteiger partial charge in [0.05, 0.1) is 12.4 Å². The van der Waals surface area contributed by atoms with E-state index in [1.165, 1.54) is 19.3 Å². The van der Waals surface area contributed by atoms with Crippen LogP contribution in [0.5, 0.6) is 0 Å². The number of nitrogens with zero attached hydrogens (tertiary/aromatic N) is 4. The lowest BCUT2D eigenvalue weighted by molar-refractivity contribution is -0.0356. The van der Waals surface area contributed by atoms with E-state index in [0.717, 1.165) is 19.3 Å². The summed E-state index contributed by atoms with van der Waals surface area (Å²) in [6.45, 7) is 2.00. The van der Waals surface area contributed by atoms with E-state index in [1.807, 2.05) is 6.92 Å². The molecule has 27 heavy (non-hydrogen) atoms. The van der Waals surface area contributed by atoms with Crippen molar-refractivity contribution in [3.05, 3.63) is 11.6 Å². The third-order valence-corrected chi connectivity index (χ3v) is 5.77. The summed E-state index contributed by atoms with van der Waals surface area (Å²) in [4.78, 5) is 13.2. The second-order valence-corrected chi connectivity index (χ2v) is 7.65. The zero-order valence-electron chi connectivity index (χ0n) is 15.6. The van der Waals surface area contributed by atoms with Crippen LogP contribution in [-0.2, 0) is 9.47 Å². The Labute approximate surface area is 163 Å². The zero-order valence-corrected chi connectivity index (χ0v) is 16.4. The van der Waals surface area contributed by atoms with Crippen molar-refractivity contribution in [2.45, 2.75) is 76.0 Å². The van der Waals surface area contributed by atoms with Crippen LogP contribution >= 0.6 is 11.6 Å². The number of fused-ring (bicyclic) bond motifs is 1. The number of anilines is 1. The Bertz CT molecular complexity index is 795. The number of imidazole rings is 1. The quantitative estimate of drug-likeness (QED) is 0.751. The Morgan fingerprint density at radius 1 is 1.33 bits per heavy atom. The molecule has 4 rings (SSSR count). The summed E-state index contributed by atoms with van der Waals surface area (Å²) in [6.07, 6.45) is 6.27. The second-order valence-electron chi connectivity index (χ2n) is 7.31. The van der Waals surface area contributed by atoms with Gasteiger partial charge in [0.15, 0.2) is 23.2 Å². The summed E-state index contributed by atoms with van der Waals surface area (Å²) in [5.74, 6) is 0.637. The average Bonchev–Trinajstić information content (AvgIpc) is 3.22. The van der Waals surface area contributed by atoms with Crippen LogP contribution < -0.4 is 5.32 Å². The highest BCUT2D eigenvalue weighted by Crippen LogP contribution is 2.35. The van der Waals surface area contributed by atoms with Crippen molar-refractivity contribution >= 4 is 28.6 Å². The molecule has 0 amide bonds. The summed E-state index contributed by atoms with van der Waals surface area (Å²) < 4.78 is 13.2. The maximum atomic E-state index is 10.7. The van der Waals surface area contributed by atoms with Crippen molar-refractivity contribution in [2.75, 3.05) is 12.4 Å². The molecule has 1 aliphatic carbocycles.